The van der Waals surface area contributed by atoms with Crippen LogP contribution in [0.3, 0.4) is 0 Å². The van der Waals surface area contributed by atoms with Crippen LogP contribution in [-0.2, 0) is 5.41 Å². The molecule has 0 bridgehead atoms. The van der Waals surface area contributed by atoms with E-state index in [4.69, 9.17) is 4.74 Å². The van der Waals surface area contributed by atoms with Crippen LogP contribution in [0.15, 0.2) is 18.2 Å². The van der Waals surface area contributed by atoms with Crippen LogP contribution in [0, 0.1) is 5.82 Å². The molecule has 1 nitrogen and oxygen atoms in total. The van der Waals surface area contributed by atoms with Crippen molar-refractivity contribution in [3.8, 4) is 5.75 Å². The smallest absolute Gasteiger partial charge is 0.126 e. The van der Waals surface area contributed by atoms with Gasteiger partial charge in [0.25, 0.3) is 0 Å². The van der Waals surface area contributed by atoms with E-state index in [9.17, 15) is 4.39 Å². The molecule has 0 aliphatic rings. The third-order valence-electron chi connectivity index (χ3n) is 2.21. The number of benzene rings is 1. The zero-order valence-corrected chi connectivity index (χ0v) is 9.93. The summed E-state index contributed by atoms with van der Waals surface area (Å²) in [4.78, 5) is 0. The van der Waals surface area contributed by atoms with Crippen molar-refractivity contribution in [3.05, 3.63) is 29.6 Å². The Morgan fingerprint density at radius 1 is 1.27 bits per heavy atom. The molecule has 0 heterocycles. The van der Waals surface area contributed by atoms with Crippen LogP contribution in [0.4, 0.5) is 4.39 Å². The first-order chi connectivity index (χ1) is 6.95. The van der Waals surface area contributed by atoms with E-state index in [0.29, 0.717) is 12.4 Å². The molecule has 0 radical (unpaired) electrons. The van der Waals surface area contributed by atoms with Gasteiger partial charge in [0.2, 0.25) is 0 Å². The van der Waals surface area contributed by atoms with Crippen molar-refractivity contribution < 1.29 is 9.13 Å². The van der Waals surface area contributed by atoms with Crippen LogP contribution in [0.2, 0.25) is 0 Å². The van der Waals surface area contributed by atoms with Crippen molar-refractivity contribution in [2.45, 2.75) is 39.5 Å². The largest absolute Gasteiger partial charge is 0.493 e. The van der Waals surface area contributed by atoms with Crippen molar-refractivity contribution in [2.24, 2.45) is 0 Å². The molecule has 0 aliphatic carbocycles. The number of ether oxygens (including phenoxy) is 1. The molecular weight excluding hydrogens is 191 g/mol. The van der Waals surface area contributed by atoms with Crippen molar-refractivity contribution in [2.75, 3.05) is 6.61 Å². The van der Waals surface area contributed by atoms with E-state index >= 15 is 0 Å². The minimum atomic E-state index is -0.242. The van der Waals surface area contributed by atoms with Crippen LogP contribution >= 0.6 is 0 Å². The Kier molecular flexibility index (Phi) is 3.72. The highest BCUT2D eigenvalue weighted by molar-refractivity contribution is 5.38. The Morgan fingerprint density at radius 3 is 2.47 bits per heavy atom. The van der Waals surface area contributed by atoms with Gasteiger partial charge in [-0.25, -0.2) is 4.39 Å². The lowest BCUT2D eigenvalue weighted by atomic mass is 9.86. The highest BCUT2D eigenvalue weighted by Crippen LogP contribution is 2.31. The molecule has 1 aromatic carbocycles. The lowest BCUT2D eigenvalue weighted by molar-refractivity contribution is 0.307. The maximum atomic E-state index is 13.1. The highest BCUT2D eigenvalue weighted by atomic mass is 19.1. The van der Waals surface area contributed by atoms with Crippen LogP contribution in [0.5, 0.6) is 5.75 Å². The van der Waals surface area contributed by atoms with Gasteiger partial charge in [-0.2, -0.15) is 0 Å². The van der Waals surface area contributed by atoms with E-state index in [1.807, 2.05) is 6.92 Å². The molecule has 0 unspecified atom stereocenters. The summed E-state index contributed by atoms with van der Waals surface area (Å²) in [5, 5.41) is 0. The Morgan fingerprint density at radius 2 is 1.93 bits per heavy atom. The Hall–Kier alpha value is -1.05. The molecule has 0 amide bonds. The quantitative estimate of drug-likeness (QED) is 0.735. The molecule has 0 atom stereocenters. The van der Waals surface area contributed by atoms with Gasteiger partial charge >= 0.3 is 0 Å². The average molecular weight is 210 g/mol. The fourth-order valence-electron chi connectivity index (χ4n) is 1.45. The van der Waals surface area contributed by atoms with Gasteiger partial charge in [-0.3, -0.25) is 0 Å². The number of halogens is 1. The molecule has 15 heavy (non-hydrogen) atoms. The van der Waals surface area contributed by atoms with Crippen LogP contribution in [-0.4, -0.2) is 6.61 Å². The van der Waals surface area contributed by atoms with Gasteiger partial charge in [-0.05, 0) is 23.5 Å². The zero-order chi connectivity index (χ0) is 11.5. The number of hydrogen-bond donors (Lipinski definition) is 0. The average Bonchev–Trinajstić information content (AvgIpc) is 2.12. The molecule has 0 saturated carbocycles. The van der Waals surface area contributed by atoms with Gasteiger partial charge in [0.15, 0.2) is 0 Å². The standard InChI is InChI=1S/C13H19FO/c1-5-8-15-12-9-10(14)6-7-11(12)13(2,3)4/h6-7,9H,5,8H2,1-4H3. The summed E-state index contributed by atoms with van der Waals surface area (Å²) >= 11 is 0. The summed E-state index contributed by atoms with van der Waals surface area (Å²) in [5.41, 5.74) is 1.04. The van der Waals surface area contributed by atoms with Crippen LogP contribution in [0.25, 0.3) is 0 Å². The maximum absolute atomic E-state index is 13.1. The second-order valence-corrected chi connectivity index (χ2v) is 4.74. The fraction of sp³-hybridized carbons (Fsp3) is 0.538. The van der Waals surface area contributed by atoms with Crippen LogP contribution < -0.4 is 4.74 Å². The molecule has 84 valence electrons. The van der Waals surface area contributed by atoms with E-state index < -0.39 is 0 Å². The lowest BCUT2D eigenvalue weighted by Crippen LogP contribution is -2.14. The summed E-state index contributed by atoms with van der Waals surface area (Å²) < 4.78 is 18.6. The van der Waals surface area contributed by atoms with Crippen molar-refractivity contribution in [3.63, 3.8) is 0 Å². The third-order valence-corrected chi connectivity index (χ3v) is 2.21. The molecular formula is C13H19FO. The monoisotopic (exact) mass is 210 g/mol. The normalized spacial score (nSPS) is 11.5. The maximum Gasteiger partial charge on any atom is 0.126 e. The first kappa shape index (κ1) is 12.0. The molecule has 0 fully saturated rings. The van der Waals surface area contributed by atoms with Gasteiger partial charge in [-0.1, -0.05) is 33.8 Å². The van der Waals surface area contributed by atoms with E-state index in [0.717, 1.165) is 12.0 Å². The van der Waals surface area contributed by atoms with Crippen molar-refractivity contribution in [1.82, 2.24) is 0 Å². The molecule has 0 spiro atoms. The summed E-state index contributed by atoms with van der Waals surface area (Å²) in [6.45, 7) is 8.96. The van der Waals surface area contributed by atoms with Gasteiger partial charge in [0.1, 0.15) is 11.6 Å². The van der Waals surface area contributed by atoms with Gasteiger partial charge in [0, 0.05) is 6.07 Å². The van der Waals surface area contributed by atoms with E-state index in [-0.39, 0.29) is 11.2 Å². The van der Waals surface area contributed by atoms with Crippen molar-refractivity contribution >= 4 is 0 Å². The highest BCUT2D eigenvalue weighted by Gasteiger charge is 2.19. The van der Waals surface area contributed by atoms with Gasteiger partial charge in [0.05, 0.1) is 6.61 Å². The second kappa shape index (κ2) is 4.65. The SMILES string of the molecule is CCCOc1cc(F)ccc1C(C)(C)C. The summed E-state index contributed by atoms with van der Waals surface area (Å²) in [7, 11) is 0. The van der Waals surface area contributed by atoms with E-state index in [2.05, 4.69) is 20.8 Å². The van der Waals surface area contributed by atoms with Crippen molar-refractivity contribution in [1.29, 1.82) is 0 Å². The Bertz CT molecular complexity index is 326. The van der Waals surface area contributed by atoms with Gasteiger partial charge in [-0.15, -0.1) is 0 Å². The molecule has 1 aromatic rings. The Balaban J connectivity index is 3.03. The molecule has 0 aromatic heterocycles. The molecule has 0 N–H and O–H groups in total. The molecule has 0 aliphatic heterocycles. The molecule has 1 rings (SSSR count). The van der Waals surface area contributed by atoms with Crippen LogP contribution in [0.1, 0.15) is 39.7 Å². The first-order valence-electron chi connectivity index (χ1n) is 5.38. The topological polar surface area (TPSA) is 9.23 Å². The number of hydrogen-bond acceptors (Lipinski definition) is 1. The minimum absolute atomic E-state index is 0.0171. The predicted octanol–water partition coefficient (Wildman–Crippen LogP) is 3.91. The van der Waals surface area contributed by atoms with E-state index in [1.54, 1.807) is 6.07 Å². The third kappa shape index (κ3) is 3.22. The summed E-state index contributed by atoms with van der Waals surface area (Å²) in [6.07, 6.45) is 0.931. The fourth-order valence-corrected chi connectivity index (χ4v) is 1.45. The summed E-state index contributed by atoms with van der Waals surface area (Å²) in [5.74, 6) is 0.429. The minimum Gasteiger partial charge on any atom is -0.493 e. The zero-order valence-electron chi connectivity index (χ0n) is 9.93. The lowest BCUT2D eigenvalue weighted by Gasteiger charge is -2.22. The van der Waals surface area contributed by atoms with E-state index in [1.165, 1.54) is 12.1 Å². The Labute approximate surface area is 91.3 Å². The first-order valence-corrected chi connectivity index (χ1v) is 5.38. The second-order valence-electron chi connectivity index (χ2n) is 4.74. The number of rotatable bonds is 3. The summed E-state index contributed by atoms with van der Waals surface area (Å²) in [6, 6.07) is 4.76. The molecule has 2 heteroatoms. The molecule has 0 saturated heterocycles. The predicted molar refractivity (Wildman–Crippen MR) is 60.9 cm³/mol. The van der Waals surface area contributed by atoms with Gasteiger partial charge < -0.3 is 4.74 Å².